The second kappa shape index (κ2) is 5.26. The van der Waals surface area contributed by atoms with Gasteiger partial charge in [-0.2, -0.15) is 0 Å². The van der Waals surface area contributed by atoms with Crippen LogP contribution in [0.1, 0.15) is 11.9 Å². The van der Waals surface area contributed by atoms with Gasteiger partial charge in [0.15, 0.2) is 6.29 Å². The minimum atomic E-state index is -1.47. The largest absolute Gasteiger partial charge is 0.371 e. The molecule has 2 rings (SSSR count). The van der Waals surface area contributed by atoms with Gasteiger partial charge in [0.25, 0.3) is 11.4 Å². The molecule has 0 bridgehead atoms. The van der Waals surface area contributed by atoms with Crippen molar-refractivity contribution in [2.24, 2.45) is 0 Å². The van der Waals surface area contributed by atoms with Crippen LogP contribution in [-0.4, -0.2) is 34.3 Å². The molecule has 102 valence electrons. The third-order valence-electron chi connectivity index (χ3n) is 2.47. The maximum atomic E-state index is 10.7. The van der Waals surface area contributed by atoms with Crippen molar-refractivity contribution in [2.45, 2.75) is 12.4 Å². The topological polar surface area (TPSA) is 128 Å². The minimum Gasteiger partial charge on any atom is -0.371 e. The summed E-state index contributed by atoms with van der Waals surface area (Å²) < 4.78 is 9.87. The molecule has 1 aliphatic rings. The number of nitro groups is 2. The molecular formula is C10H10N2O7. The normalized spacial score (nSPS) is 18.9. The number of ether oxygens (including phenoxy) is 2. The first-order chi connectivity index (χ1) is 8.97. The Kier molecular flexibility index (Phi) is 3.69. The van der Waals surface area contributed by atoms with Crippen molar-refractivity contribution in [1.29, 1.82) is 0 Å². The fourth-order valence-corrected chi connectivity index (χ4v) is 1.43. The van der Waals surface area contributed by atoms with Crippen LogP contribution in [0.4, 0.5) is 11.4 Å². The third kappa shape index (κ3) is 3.44. The van der Waals surface area contributed by atoms with Crippen LogP contribution in [0, 0.1) is 20.2 Å². The van der Waals surface area contributed by atoms with Gasteiger partial charge in [-0.1, -0.05) is 0 Å². The Bertz CT molecular complexity index is 482. The number of hydrogen-bond acceptors (Lipinski definition) is 7. The maximum Gasteiger partial charge on any atom is 0.276 e. The zero-order valence-electron chi connectivity index (χ0n) is 9.59. The maximum absolute atomic E-state index is 10.7. The number of nitro benzene ring substituents is 2. The lowest BCUT2D eigenvalue weighted by Gasteiger charge is -2.11. The monoisotopic (exact) mass is 270 g/mol. The summed E-state index contributed by atoms with van der Waals surface area (Å²) in [5.41, 5.74) is -0.995. The molecule has 19 heavy (non-hydrogen) atoms. The summed E-state index contributed by atoms with van der Waals surface area (Å²) in [5, 5.41) is 31.0. The average Bonchev–Trinajstić information content (AvgIpc) is 3.19. The van der Waals surface area contributed by atoms with E-state index >= 15 is 0 Å². The van der Waals surface area contributed by atoms with Crippen molar-refractivity contribution >= 4 is 11.4 Å². The molecule has 1 fully saturated rings. The van der Waals surface area contributed by atoms with Crippen LogP contribution in [0.5, 0.6) is 0 Å². The Morgan fingerprint density at radius 3 is 2.26 bits per heavy atom. The Morgan fingerprint density at radius 1 is 1.32 bits per heavy atom. The number of nitrogens with zero attached hydrogens (tertiary/aromatic N) is 2. The minimum absolute atomic E-state index is 0.0402. The van der Waals surface area contributed by atoms with Gasteiger partial charge in [-0.3, -0.25) is 20.2 Å². The summed E-state index contributed by atoms with van der Waals surface area (Å²) in [6, 6.07) is 2.89. The number of non-ortho nitro benzene ring substituents is 2. The summed E-state index contributed by atoms with van der Waals surface area (Å²) in [6.45, 7) is 0.652. The fourth-order valence-electron chi connectivity index (χ4n) is 1.43. The number of aliphatic hydroxyl groups is 1. The summed E-state index contributed by atoms with van der Waals surface area (Å²) in [6.07, 6.45) is -1.56. The first-order valence-electron chi connectivity index (χ1n) is 5.32. The van der Waals surface area contributed by atoms with Crippen LogP contribution in [0.15, 0.2) is 18.2 Å². The van der Waals surface area contributed by atoms with Gasteiger partial charge in [-0.05, 0) is 0 Å². The van der Waals surface area contributed by atoms with Crippen molar-refractivity contribution in [2.75, 3.05) is 13.2 Å². The molecule has 9 heteroatoms. The van der Waals surface area contributed by atoms with Gasteiger partial charge in [0.1, 0.15) is 6.10 Å². The van der Waals surface area contributed by atoms with Crippen molar-refractivity contribution in [3.63, 3.8) is 0 Å². The van der Waals surface area contributed by atoms with E-state index in [1.165, 1.54) is 0 Å². The van der Waals surface area contributed by atoms with E-state index in [2.05, 4.69) is 0 Å². The van der Waals surface area contributed by atoms with E-state index < -0.39 is 27.5 Å². The molecule has 1 aromatic rings. The molecule has 1 N–H and O–H groups in total. The zero-order valence-corrected chi connectivity index (χ0v) is 9.59. The highest BCUT2D eigenvalue weighted by molar-refractivity contribution is 5.47. The highest BCUT2D eigenvalue weighted by atomic mass is 16.6. The average molecular weight is 270 g/mol. The van der Waals surface area contributed by atoms with E-state index in [1.54, 1.807) is 0 Å². The summed E-state index contributed by atoms with van der Waals surface area (Å²) in [7, 11) is 0. The number of hydrogen-bond donors (Lipinski definition) is 1. The molecular weight excluding hydrogens is 260 g/mol. The molecule has 0 spiro atoms. The molecule has 2 atom stereocenters. The predicted molar refractivity (Wildman–Crippen MR) is 60.4 cm³/mol. The van der Waals surface area contributed by atoms with Gasteiger partial charge in [0, 0.05) is 17.7 Å². The van der Waals surface area contributed by atoms with E-state index in [-0.39, 0.29) is 18.3 Å². The summed E-state index contributed by atoms with van der Waals surface area (Å²) in [5.74, 6) is 0. The second-order valence-corrected chi connectivity index (χ2v) is 3.94. The Morgan fingerprint density at radius 2 is 1.84 bits per heavy atom. The first kappa shape index (κ1) is 13.3. The van der Waals surface area contributed by atoms with Gasteiger partial charge in [-0.15, -0.1) is 0 Å². The smallest absolute Gasteiger partial charge is 0.276 e. The van der Waals surface area contributed by atoms with Gasteiger partial charge in [-0.25, -0.2) is 0 Å². The molecule has 0 aromatic heterocycles. The first-order valence-corrected chi connectivity index (χ1v) is 5.32. The van der Waals surface area contributed by atoms with E-state index in [0.29, 0.717) is 6.61 Å². The van der Waals surface area contributed by atoms with Crippen LogP contribution in [0.2, 0.25) is 0 Å². The number of rotatable bonds is 6. The zero-order chi connectivity index (χ0) is 14.0. The van der Waals surface area contributed by atoms with Crippen molar-refractivity contribution < 1.29 is 24.4 Å². The van der Waals surface area contributed by atoms with E-state index in [9.17, 15) is 25.3 Å². The number of aliphatic hydroxyl groups excluding tert-OH is 1. The van der Waals surface area contributed by atoms with Crippen LogP contribution >= 0.6 is 0 Å². The molecule has 0 aliphatic carbocycles. The highest BCUT2D eigenvalue weighted by Gasteiger charge is 2.26. The lowest BCUT2D eigenvalue weighted by molar-refractivity contribution is -0.394. The second-order valence-electron chi connectivity index (χ2n) is 3.94. The standard InChI is InChI=1S/C10H10N2O7/c13-10(19-5-9-4-18-9)6-1-7(11(14)15)3-8(2-6)12(16)17/h1-3,9-10,13H,4-5H2. The Balaban J connectivity index is 2.21. The third-order valence-corrected chi connectivity index (χ3v) is 2.47. The molecule has 2 unspecified atom stereocenters. The van der Waals surface area contributed by atoms with Gasteiger partial charge >= 0.3 is 0 Å². The van der Waals surface area contributed by atoms with E-state index in [1.807, 2.05) is 0 Å². The van der Waals surface area contributed by atoms with E-state index in [4.69, 9.17) is 9.47 Å². The van der Waals surface area contributed by atoms with Crippen LogP contribution in [0.3, 0.4) is 0 Å². The number of benzene rings is 1. The van der Waals surface area contributed by atoms with Crippen LogP contribution in [0.25, 0.3) is 0 Å². The summed E-state index contributed by atoms with van der Waals surface area (Å²) >= 11 is 0. The molecule has 1 heterocycles. The lowest BCUT2D eigenvalue weighted by Crippen LogP contribution is -2.09. The Labute approximate surface area is 106 Å². The molecule has 1 aliphatic heterocycles. The summed E-state index contributed by atoms with van der Waals surface area (Å²) in [4.78, 5) is 19.8. The molecule has 9 nitrogen and oxygen atoms in total. The van der Waals surface area contributed by atoms with Crippen LogP contribution < -0.4 is 0 Å². The van der Waals surface area contributed by atoms with Gasteiger partial charge < -0.3 is 14.6 Å². The molecule has 1 saturated heterocycles. The Hall–Kier alpha value is -2.10. The van der Waals surface area contributed by atoms with Crippen LogP contribution in [-0.2, 0) is 9.47 Å². The molecule has 0 radical (unpaired) electrons. The fraction of sp³-hybridized carbons (Fsp3) is 0.400. The van der Waals surface area contributed by atoms with Gasteiger partial charge in [0.05, 0.1) is 29.1 Å². The SMILES string of the molecule is O=[N+]([O-])c1cc(C(O)OCC2CO2)cc([N+](=O)[O-])c1. The quantitative estimate of drug-likeness (QED) is 0.352. The number of epoxide rings is 1. The molecule has 1 aromatic carbocycles. The lowest BCUT2D eigenvalue weighted by atomic mass is 10.1. The van der Waals surface area contributed by atoms with Crippen molar-refractivity contribution in [3.05, 3.63) is 44.0 Å². The molecule has 0 saturated carbocycles. The highest BCUT2D eigenvalue weighted by Crippen LogP contribution is 2.27. The van der Waals surface area contributed by atoms with Crippen molar-refractivity contribution in [1.82, 2.24) is 0 Å². The predicted octanol–water partition coefficient (Wildman–Crippen LogP) is 0.909. The van der Waals surface area contributed by atoms with E-state index in [0.717, 1.165) is 18.2 Å². The molecule has 0 amide bonds. The van der Waals surface area contributed by atoms with Crippen molar-refractivity contribution in [3.8, 4) is 0 Å². The van der Waals surface area contributed by atoms with Gasteiger partial charge in [0.2, 0.25) is 0 Å².